The van der Waals surface area contributed by atoms with Crippen molar-refractivity contribution in [3.05, 3.63) is 29.0 Å². The van der Waals surface area contributed by atoms with Crippen LogP contribution in [0.3, 0.4) is 0 Å². The van der Waals surface area contributed by atoms with E-state index in [1.165, 1.54) is 6.07 Å². The van der Waals surface area contributed by atoms with Gasteiger partial charge >= 0.3 is 6.18 Å². The summed E-state index contributed by atoms with van der Waals surface area (Å²) in [6.45, 7) is 3.35. The van der Waals surface area contributed by atoms with E-state index in [-0.39, 0.29) is 5.65 Å². The number of thiazole rings is 1. The standard InChI is InChI=1S/C15H16F3N7S/c1-9-8-26-14(19-9)20-10-4-6-24(7-5-10)12-3-2-11-21-22-13(15(16,17)18)25(11)23-12/h2-3,8,10H,4-7H2,1H3,(H,19,20). The molecule has 0 bridgehead atoms. The zero-order valence-corrected chi connectivity index (χ0v) is 14.7. The van der Waals surface area contributed by atoms with Crippen LogP contribution in [0.4, 0.5) is 24.1 Å². The van der Waals surface area contributed by atoms with Crippen LogP contribution in [-0.4, -0.2) is 43.9 Å². The molecule has 1 fully saturated rings. The Bertz CT molecular complexity index is 911. The van der Waals surface area contributed by atoms with Crippen molar-refractivity contribution in [2.24, 2.45) is 0 Å². The molecule has 4 heterocycles. The van der Waals surface area contributed by atoms with E-state index < -0.39 is 12.0 Å². The average molecular weight is 383 g/mol. The summed E-state index contributed by atoms with van der Waals surface area (Å²) >= 11 is 1.57. The van der Waals surface area contributed by atoms with Crippen molar-refractivity contribution in [1.82, 2.24) is 24.8 Å². The Hall–Kier alpha value is -2.43. The highest BCUT2D eigenvalue weighted by Crippen LogP contribution is 2.28. The van der Waals surface area contributed by atoms with Gasteiger partial charge < -0.3 is 10.2 Å². The second kappa shape index (κ2) is 6.38. The summed E-state index contributed by atoms with van der Waals surface area (Å²) < 4.78 is 39.7. The molecule has 138 valence electrons. The van der Waals surface area contributed by atoms with E-state index in [0.717, 1.165) is 28.2 Å². The zero-order chi connectivity index (χ0) is 18.3. The van der Waals surface area contributed by atoms with Crippen LogP contribution in [0.1, 0.15) is 24.4 Å². The normalized spacial score (nSPS) is 16.4. The summed E-state index contributed by atoms with van der Waals surface area (Å²) in [7, 11) is 0. The van der Waals surface area contributed by atoms with Crippen LogP contribution in [0.2, 0.25) is 0 Å². The van der Waals surface area contributed by atoms with Crippen molar-refractivity contribution in [3.8, 4) is 0 Å². The maximum Gasteiger partial charge on any atom is 0.453 e. The van der Waals surface area contributed by atoms with Crippen LogP contribution >= 0.6 is 11.3 Å². The Kier molecular flexibility index (Phi) is 4.17. The number of rotatable bonds is 3. The van der Waals surface area contributed by atoms with Gasteiger partial charge in [0, 0.05) is 24.5 Å². The number of aryl methyl sites for hydroxylation is 1. The number of nitrogens with zero attached hydrogens (tertiary/aromatic N) is 6. The Morgan fingerprint density at radius 3 is 2.62 bits per heavy atom. The van der Waals surface area contributed by atoms with Crippen LogP contribution in [0, 0.1) is 6.92 Å². The lowest BCUT2D eigenvalue weighted by atomic mass is 10.1. The van der Waals surface area contributed by atoms with Gasteiger partial charge in [-0.3, -0.25) is 0 Å². The average Bonchev–Trinajstić information content (AvgIpc) is 3.20. The third-order valence-corrected chi connectivity index (χ3v) is 5.16. The second-order valence-electron chi connectivity index (χ2n) is 6.18. The molecule has 11 heteroatoms. The van der Waals surface area contributed by atoms with E-state index in [1.807, 2.05) is 17.2 Å². The number of piperidine rings is 1. The molecule has 0 aliphatic carbocycles. The summed E-state index contributed by atoms with van der Waals surface area (Å²) in [6, 6.07) is 3.48. The number of hydrogen-bond acceptors (Lipinski definition) is 7. The molecule has 26 heavy (non-hydrogen) atoms. The van der Waals surface area contributed by atoms with Crippen molar-refractivity contribution >= 4 is 27.9 Å². The molecule has 0 spiro atoms. The number of alkyl halides is 3. The van der Waals surface area contributed by atoms with Gasteiger partial charge in [-0.1, -0.05) is 0 Å². The topological polar surface area (TPSA) is 71.2 Å². The maximum absolute atomic E-state index is 13.0. The van der Waals surface area contributed by atoms with Crippen molar-refractivity contribution in [3.63, 3.8) is 0 Å². The second-order valence-corrected chi connectivity index (χ2v) is 7.04. The van der Waals surface area contributed by atoms with Gasteiger partial charge in [-0.2, -0.15) is 17.7 Å². The van der Waals surface area contributed by atoms with E-state index in [9.17, 15) is 13.2 Å². The van der Waals surface area contributed by atoms with E-state index in [0.29, 0.717) is 24.9 Å². The molecule has 1 aliphatic rings. The van der Waals surface area contributed by atoms with E-state index in [4.69, 9.17) is 0 Å². The molecule has 3 aromatic rings. The Morgan fingerprint density at radius 1 is 1.19 bits per heavy atom. The van der Waals surface area contributed by atoms with Gasteiger partial charge in [-0.25, -0.2) is 4.98 Å². The monoisotopic (exact) mass is 383 g/mol. The minimum absolute atomic E-state index is 0.0803. The first-order valence-electron chi connectivity index (χ1n) is 8.13. The van der Waals surface area contributed by atoms with Crippen LogP contribution in [0.15, 0.2) is 17.5 Å². The highest BCUT2D eigenvalue weighted by Gasteiger charge is 2.37. The van der Waals surface area contributed by atoms with Gasteiger partial charge in [0.25, 0.3) is 5.82 Å². The number of nitrogens with one attached hydrogen (secondary N) is 1. The highest BCUT2D eigenvalue weighted by atomic mass is 32.1. The van der Waals surface area contributed by atoms with E-state index >= 15 is 0 Å². The molecule has 0 atom stereocenters. The SMILES string of the molecule is Cc1csc(NC2CCN(c3ccc4nnc(C(F)(F)F)n4n3)CC2)n1. The Labute approximate surface area is 150 Å². The number of anilines is 2. The van der Waals surface area contributed by atoms with Crippen molar-refractivity contribution in [1.29, 1.82) is 0 Å². The van der Waals surface area contributed by atoms with Crippen molar-refractivity contribution in [2.45, 2.75) is 32.0 Å². The van der Waals surface area contributed by atoms with Crippen LogP contribution in [0.5, 0.6) is 0 Å². The van der Waals surface area contributed by atoms with E-state index in [2.05, 4.69) is 25.6 Å². The van der Waals surface area contributed by atoms with Gasteiger partial charge in [0.15, 0.2) is 10.8 Å². The molecule has 7 nitrogen and oxygen atoms in total. The smallest absolute Gasteiger partial charge is 0.359 e. The van der Waals surface area contributed by atoms with Gasteiger partial charge in [0.1, 0.15) is 5.82 Å². The Morgan fingerprint density at radius 2 is 1.96 bits per heavy atom. The third-order valence-electron chi connectivity index (χ3n) is 4.27. The first-order chi connectivity index (χ1) is 12.4. The molecular weight excluding hydrogens is 367 g/mol. The van der Waals surface area contributed by atoms with Gasteiger partial charge in [-0.05, 0) is 31.9 Å². The summed E-state index contributed by atoms with van der Waals surface area (Å²) in [5, 5.41) is 17.1. The fourth-order valence-corrected chi connectivity index (χ4v) is 3.74. The van der Waals surface area contributed by atoms with Gasteiger partial charge in [0.2, 0.25) is 0 Å². The van der Waals surface area contributed by atoms with Crippen molar-refractivity contribution in [2.75, 3.05) is 23.3 Å². The predicted octanol–water partition coefficient (Wildman–Crippen LogP) is 2.99. The lowest BCUT2D eigenvalue weighted by Gasteiger charge is -2.33. The molecule has 0 aromatic carbocycles. The molecule has 1 aliphatic heterocycles. The molecule has 0 radical (unpaired) electrons. The van der Waals surface area contributed by atoms with Crippen LogP contribution in [0.25, 0.3) is 5.65 Å². The first-order valence-corrected chi connectivity index (χ1v) is 9.01. The maximum atomic E-state index is 13.0. The Balaban J connectivity index is 1.47. The third kappa shape index (κ3) is 3.30. The molecule has 4 rings (SSSR count). The summed E-state index contributed by atoms with van der Waals surface area (Å²) in [6.07, 6.45) is -2.88. The molecule has 3 aromatic heterocycles. The molecule has 1 saturated heterocycles. The molecular formula is C15H16F3N7S. The zero-order valence-electron chi connectivity index (χ0n) is 13.9. The fourth-order valence-electron chi connectivity index (χ4n) is 2.97. The quantitative estimate of drug-likeness (QED) is 0.750. The minimum Gasteiger partial charge on any atom is -0.359 e. The molecule has 0 saturated carbocycles. The summed E-state index contributed by atoms with van der Waals surface area (Å²) in [5.74, 6) is -0.614. The minimum atomic E-state index is -4.59. The van der Waals surface area contributed by atoms with E-state index in [1.54, 1.807) is 17.4 Å². The number of aromatic nitrogens is 5. The molecule has 1 N–H and O–H groups in total. The summed E-state index contributed by atoms with van der Waals surface area (Å²) in [4.78, 5) is 6.38. The fraction of sp³-hybridized carbons (Fsp3) is 0.467. The molecule has 0 unspecified atom stereocenters. The number of hydrogen-bond donors (Lipinski definition) is 1. The van der Waals surface area contributed by atoms with Gasteiger partial charge in [-0.15, -0.1) is 26.6 Å². The number of halogens is 3. The van der Waals surface area contributed by atoms with Crippen molar-refractivity contribution < 1.29 is 13.2 Å². The van der Waals surface area contributed by atoms with Crippen LogP contribution < -0.4 is 10.2 Å². The van der Waals surface area contributed by atoms with Crippen LogP contribution in [-0.2, 0) is 6.18 Å². The van der Waals surface area contributed by atoms with Gasteiger partial charge in [0.05, 0.1) is 5.69 Å². The summed E-state index contributed by atoms with van der Waals surface area (Å²) in [5.41, 5.74) is 1.07. The lowest BCUT2D eigenvalue weighted by molar-refractivity contribution is -0.146. The number of fused-ring (bicyclic) bond motifs is 1. The largest absolute Gasteiger partial charge is 0.453 e. The molecule has 0 amide bonds. The predicted molar refractivity (Wildman–Crippen MR) is 91.5 cm³/mol. The first kappa shape index (κ1) is 17.0. The lowest BCUT2D eigenvalue weighted by Crippen LogP contribution is -2.39. The highest BCUT2D eigenvalue weighted by molar-refractivity contribution is 7.13.